The zero-order chi connectivity index (χ0) is 12.9. The third kappa shape index (κ3) is 4.03. The fraction of sp³-hybridized carbons (Fsp3) is 0.500. The standard InChI is InChI=1S/C12H17F2NO2/c1-12(16,8-15-5-6-17-2)10-7-9(13)3-4-11(10)14/h3-4,7,15-16H,5-6,8H2,1-2H3. The van der Waals surface area contributed by atoms with Gasteiger partial charge >= 0.3 is 0 Å². The number of methoxy groups -OCH3 is 1. The molecule has 2 N–H and O–H groups in total. The zero-order valence-electron chi connectivity index (χ0n) is 9.96. The lowest BCUT2D eigenvalue weighted by Gasteiger charge is -2.24. The fourth-order valence-electron chi connectivity index (χ4n) is 1.51. The van der Waals surface area contributed by atoms with Crippen LogP contribution in [0.25, 0.3) is 0 Å². The van der Waals surface area contributed by atoms with E-state index in [-0.39, 0.29) is 12.1 Å². The number of benzene rings is 1. The third-order valence-electron chi connectivity index (χ3n) is 2.46. The van der Waals surface area contributed by atoms with Crippen LogP contribution in [-0.4, -0.2) is 31.9 Å². The fourth-order valence-corrected chi connectivity index (χ4v) is 1.51. The van der Waals surface area contributed by atoms with E-state index < -0.39 is 17.2 Å². The van der Waals surface area contributed by atoms with Gasteiger partial charge in [-0.1, -0.05) is 0 Å². The number of ether oxygens (including phenoxy) is 1. The average Bonchev–Trinajstić information content (AvgIpc) is 2.28. The molecule has 0 aliphatic heterocycles. The Balaban J connectivity index is 2.71. The van der Waals surface area contributed by atoms with Gasteiger partial charge in [-0.3, -0.25) is 0 Å². The molecule has 0 amide bonds. The summed E-state index contributed by atoms with van der Waals surface area (Å²) in [6, 6.07) is 3.04. The Morgan fingerprint density at radius 2 is 2.12 bits per heavy atom. The van der Waals surface area contributed by atoms with E-state index in [0.29, 0.717) is 13.2 Å². The summed E-state index contributed by atoms with van der Waals surface area (Å²) in [6.07, 6.45) is 0. The van der Waals surface area contributed by atoms with Crippen molar-refractivity contribution in [2.45, 2.75) is 12.5 Å². The summed E-state index contributed by atoms with van der Waals surface area (Å²) in [5, 5.41) is 13.0. The molecular formula is C12H17F2NO2. The van der Waals surface area contributed by atoms with Gasteiger partial charge in [0.15, 0.2) is 0 Å². The number of aliphatic hydroxyl groups is 1. The normalized spacial score (nSPS) is 14.6. The number of nitrogens with one attached hydrogen (secondary N) is 1. The van der Waals surface area contributed by atoms with E-state index in [1.807, 2.05) is 0 Å². The quantitative estimate of drug-likeness (QED) is 0.745. The van der Waals surface area contributed by atoms with Crippen molar-refractivity contribution >= 4 is 0 Å². The first-order valence-corrected chi connectivity index (χ1v) is 5.35. The van der Waals surface area contributed by atoms with Gasteiger partial charge in [0.1, 0.15) is 17.2 Å². The van der Waals surface area contributed by atoms with Crippen LogP contribution in [0.4, 0.5) is 8.78 Å². The molecule has 1 aromatic rings. The van der Waals surface area contributed by atoms with Crippen molar-refractivity contribution in [1.82, 2.24) is 5.32 Å². The van der Waals surface area contributed by atoms with Crippen LogP contribution in [0.1, 0.15) is 12.5 Å². The topological polar surface area (TPSA) is 41.5 Å². The Hall–Kier alpha value is -1.04. The molecule has 0 aromatic heterocycles. The van der Waals surface area contributed by atoms with Crippen molar-refractivity contribution < 1.29 is 18.6 Å². The highest BCUT2D eigenvalue weighted by molar-refractivity contribution is 5.25. The van der Waals surface area contributed by atoms with Gasteiger partial charge in [0.2, 0.25) is 0 Å². The molecule has 0 saturated heterocycles. The van der Waals surface area contributed by atoms with Gasteiger partial charge in [-0.05, 0) is 25.1 Å². The molecule has 1 atom stereocenters. The first kappa shape index (κ1) is 14.0. The molecule has 5 heteroatoms. The monoisotopic (exact) mass is 245 g/mol. The Morgan fingerprint density at radius 3 is 2.76 bits per heavy atom. The Bertz CT molecular complexity index is 370. The maximum atomic E-state index is 13.5. The summed E-state index contributed by atoms with van der Waals surface area (Å²) in [7, 11) is 1.56. The first-order valence-electron chi connectivity index (χ1n) is 5.35. The maximum Gasteiger partial charge on any atom is 0.129 e. The minimum Gasteiger partial charge on any atom is -0.384 e. The van der Waals surface area contributed by atoms with Crippen LogP contribution in [0, 0.1) is 11.6 Å². The number of halogens is 2. The minimum absolute atomic E-state index is 0.0533. The number of hydrogen-bond acceptors (Lipinski definition) is 3. The van der Waals surface area contributed by atoms with Crippen molar-refractivity contribution in [1.29, 1.82) is 0 Å². The summed E-state index contributed by atoms with van der Waals surface area (Å²) in [6.45, 7) is 2.58. The van der Waals surface area contributed by atoms with Crippen LogP contribution in [0.3, 0.4) is 0 Å². The second-order valence-corrected chi connectivity index (χ2v) is 4.07. The highest BCUT2D eigenvalue weighted by atomic mass is 19.1. The lowest BCUT2D eigenvalue weighted by atomic mass is 9.95. The lowest BCUT2D eigenvalue weighted by molar-refractivity contribution is 0.0510. The minimum atomic E-state index is -1.46. The third-order valence-corrected chi connectivity index (χ3v) is 2.46. The van der Waals surface area contributed by atoms with Crippen LogP contribution >= 0.6 is 0 Å². The Labute approximate surface area is 99.4 Å². The molecule has 0 heterocycles. The first-order chi connectivity index (χ1) is 7.97. The van der Waals surface area contributed by atoms with Gasteiger partial charge in [-0.25, -0.2) is 8.78 Å². The average molecular weight is 245 g/mol. The van der Waals surface area contributed by atoms with E-state index in [4.69, 9.17) is 4.74 Å². The summed E-state index contributed by atoms with van der Waals surface area (Å²) in [5.41, 5.74) is -1.51. The van der Waals surface area contributed by atoms with E-state index in [9.17, 15) is 13.9 Å². The number of rotatable bonds is 6. The van der Waals surface area contributed by atoms with Crippen molar-refractivity contribution in [3.05, 3.63) is 35.4 Å². The van der Waals surface area contributed by atoms with E-state index >= 15 is 0 Å². The highest BCUT2D eigenvalue weighted by Crippen LogP contribution is 2.23. The summed E-state index contributed by atoms with van der Waals surface area (Å²) < 4.78 is 31.3. The molecule has 0 radical (unpaired) electrons. The van der Waals surface area contributed by atoms with Crippen LogP contribution in [-0.2, 0) is 10.3 Å². The second kappa shape index (κ2) is 6.05. The Kier molecular flexibility index (Phi) is 4.99. The maximum absolute atomic E-state index is 13.5. The van der Waals surface area contributed by atoms with Crippen LogP contribution in [0.5, 0.6) is 0 Å². The predicted molar refractivity (Wildman–Crippen MR) is 60.7 cm³/mol. The molecular weight excluding hydrogens is 228 g/mol. The molecule has 1 rings (SSSR count). The molecule has 1 unspecified atom stereocenters. The summed E-state index contributed by atoms with van der Waals surface area (Å²) >= 11 is 0. The molecule has 96 valence electrons. The molecule has 0 aliphatic carbocycles. The van der Waals surface area contributed by atoms with Crippen LogP contribution in [0.2, 0.25) is 0 Å². The van der Waals surface area contributed by atoms with Gasteiger partial charge in [-0.15, -0.1) is 0 Å². The van der Waals surface area contributed by atoms with Gasteiger partial charge in [0.25, 0.3) is 0 Å². The molecule has 17 heavy (non-hydrogen) atoms. The van der Waals surface area contributed by atoms with E-state index in [2.05, 4.69) is 5.32 Å². The van der Waals surface area contributed by atoms with Crippen molar-refractivity contribution in [2.24, 2.45) is 0 Å². The molecule has 0 saturated carbocycles. The molecule has 0 spiro atoms. The smallest absolute Gasteiger partial charge is 0.129 e. The number of hydrogen-bond donors (Lipinski definition) is 2. The zero-order valence-corrected chi connectivity index (χ0v) is 9.96. The highest BCUT2D eigenvalue weighted by Gasteiger charge is 2.26. The van der Waals surface area contributed by atoms with Gasteiger partial charge in [0, 0.05) is 25.8 Å². The summed E-state index contributed by atoms with van der Waals surface area (Å²) in [4.78, 5) is 0. The van der Waals surface area contributed by atoms with Gasteiger partial charge in [-0.2, -0.15) is 0 Å². The van der Waals surface area contributed by atoms with Gasteiger partial charge in [0.05, 0.1) is 6.61 Å². The lowest BCUT2D eigenvalue weighted by Crippen LogP contribution is -2.37. The van der Waals surface area contributed by atoms with E-state index in [1.165, 1.54) is 6.92 Å². The molecule has 0 bridgehead atoms. The summed E-state index contributed by atoms with van der Waals surface area (Å²) in [5.74, 6) is -1.19. The van der Waals surface area contributed by atoms with Crippen molar-refractivity contribution in [3.63, 3.8) is 0 Å². The van der Waals surface area contributed by atoms with Crippen molar-refractivity contribution in [3.8, 4) is 0 Å². The van der Waals surface area contributed by atoms with E-state index in [1.54, 1.807) is 7.11 Å². The molecule has 1 aromatic carbocycles. The SMILES string of the molecule is COCCNCC(C)(O)c1cc(F)ccc1F. The van der Waals surface area contributed by atoms with Crippen molar-refractivity contribution in [2.75, 3.05) is 26.8 Å². The predicted octanol–water partition coefficient (Wildman–Crippen LogP) is 1.41. The van der Waals surface area contributed by atoms with E-state index in [0.717, 1.165) is 18.2 Å². The molecule has 3 nitrogen and oxygen atoms in total. The molecule has 0 aliphatic rings. The largest absolute Gasteiger partial charge is 0.384 e. The van der Waals surface area contributed by atoms with Crippen LogP contribution in [0.15, 0.2) is 18.2 Å². The van der Waals surface area contributed by atoms with Gasteiger partial charge < -0.3 is 15.2 Å². The van der Waals surface area contributed by atoms with Crippen LogP contribution < -0.4 is 5.32 Å². The Morgan fingerprint density at radius 1 is 1.41 bits per heavy atom. The second-order valence-electron chi connectivity index (χ2n) is 4.07. The molecule has 0 fully saturated rings.